The van der Waals surface area contributed by atoms with Crippen molar-refractivity contribution in [1.82, 2.24) is 15.2 Å². The summed E-state index contributed by atoms with van der Waals surface area (Å²) in [5, 5.41) is 2.20. The van der Waals surface area contributed by atoms with E-state index in [4.69, 9.17) is 9.47 Å². The molecule has 3 heterocycles. The molecular formula is C32H31N3O5S. The van der Waals surface area contributed by atoms with E-state index in [0.29, 0.717) is 11.3 Å². The number of ether oxygens (including phenoxy) is 2. The Balaban J connectivity index is 1.47. The quantitative estimate of drug-likeness (QED) is 0.297. The molecule has 8 nitrogen and oxygen atoms in total. The third-order valence-corrected chi connectivity index (χ3v) is 7.78. The highest BCUT2D eigenvalue weighted by molar-refractivity contribution is 8.00. The first-order chi connectivity index (χ1) is 19.7. The first kappa shape index (κ1) is 28.2. The maximum absolute atomic E-state index is 14.0. The Hall–Kier alpha value is -4.37. The van der Waals surface area contributed by atoms with Gasteiger partial charge in [-0.3, -0.25) is 14.7 Å². The van der Waals surface area contributed by atoms with Crippen LogP contribution in [0.3, 0.4) is 0 Å². The highest BCUT2D eigenvalue weighted by Gasteiger charge is 2.54. The Labute approximate surface area is 243 Å². The van der Waals surface area contributed by atoms with Crippen molar-refractivity contribution in [2.45, 2.75) is 43.9 Å². The van der Waals surface area contributed by atoms with Crippen LogP contribution in [0.4, 0.5) is 4.79 Å². The third kappa shape index (κ3) is 6.52. The van der Waals surface area contributed by atoms with Crippen molar-refractivity contribution >= 4 is 35.8 Å². The van der Waals surface area contributed by atoms with E-state index in [1.807, 2.05) is 84.9 Å². The number of β-lactam (4-membered cyclic amide) rings is 1. The average molecular weight is 570 g/mol. The smallest absolute Gasteiger partial charge is 0.408 e. The van der Waals surface area contributed by atoms with Gasteiger partial charge in [0.05, 0.1) is 0 Å². The van der Waals surface area contributed by atoms with E-state index in [0.717, 1.165) is 16.7 Å². The molecule has 0 aliphatic carbocycles. The minimum atomic E-state index is -0.817. The number of alkyl carbamates (subject to hydrolysis) is 1. The van der Waals surface area contributed by atoms with Crippen molar-refractivity contribution < 1.29 is 23.9 Å². The number of esters is 1. The number of pyridine rings is 1. The molecule has 2 aliphatic heterocycles. The Morgan fingerprint density at radius 2 is 1.59 bits per heavy atom. The number of thioether (sulfide) groups is 1. The number of hydrogen-bond donors (Lipinski definition) is 1. The van der Waals surface area contributed by atoms with Gasteiger partial charge in [0.1, 0.15) is 22.7 Å². The van der Waals surface area contributed by atoms with Gasteiger partial charge in [-0.2, -0.15) is 0 Å². The number of aromatic nitrogens is 1. The number of nitrogens with zero attached hydrogens (tertiary/aromatic N) is 2. The molecule has 0 radical (unpaired) electrons. The second-order valence-electron chi connectivity index (χ2n) is 10.6. The SMILES string of the molecule is CC(C)(C)OC(=O)N[C@@H]1C(=O)N2C(C(=O)OC(c3ccccc3)c3ccccc3)=C(/C=C/c3ccncc3)CS[C@H]12. The summed E-state index contributed by atoms with van der Waals surface area (Å²) in [5.41, 5.74) is 2.63. The number of hydrogen-bond acceptors (Lipinski definition) is 7. The lowest BCUT2D eigenvalue weighted by Gasteiger charge is -2.49. The summed E-state index contributed by atoms with van der Waals surface area (Å²) >= 11 is 1.47. The molecule has 0 saturated carbocycles. The zero-order chi connectivity index (χ0) is 29.0. The molecule has 2 amide bonds. The van der Waals surface area contributed by atoms with Crippen LogP contribution in [-0.2, 0) is 19.1 Å². The van der Waals surface area contributed by atoms with Crippen molar-refractivity contribution in [1.29, 1.82) is 0 Å². The van der Waals surface area contributed by atoms with Crippen molar-refractivity contribution in [2.24, 2.45) is 0 Å². The number of carbonyl (C=O) groups excluding carboxylic acids is 3. The molecule has 1 saturated heterocycles. The number of amides is 2. The van der Waals surface area contributed by atoms with E-state index in [9.17, 15) is 14.4 Å². The standard InChI is InChI=1S/C32H31N3O5S/c1-32(2,3)40-31(38)34-25-28(36)35-26(24(20-41-29(25)35)15-14-21-16-18-33-19-17-21)30(37)39-27(22-10-6-4-7-11-22)23-12-8-5-9-13-23/h4-19,25,27,29H,20H2,1-3H3,(H,34,38)/b15-14+/t25-,29-/m1/s1. The number of carbonyl (C=O) groups is 3. The van der Waals surface area contributed by atoms with E-state index in [1.54, 1.807) is 33.2 Å². The summed E-state index contributed by atoms with van der Waals surface area (Å²) in [5.74, 6) is -0.578. The fourth-order valence-electron chi connectivity index (χ4n) is 4.61. The van der Waals surface area contributed by atoms with E-state index in [-0.39, 0.29) is 5.70 Å². The normalized spacial score (nSPS) is 18.6. The predicted molar refractivity (Wildman–Crippen MR) is 157 cm³/mol. The van der Waals surface area contributed by atoms with Crippen molar-refractivity contribution in [3.63, 3.8) is 0 Å². The largest absolute Gasteiger partial charge is 0.448 e. The third-order valence-electron chi connectivity index (χ3n) is 6.48. The summed E-state index contributed by atoms with van der Waals surface area (Å²) in [4.78, 5) is 45.3. The molecule has 9 heteroatoms. The van der Waals surface area contributed by atoms with Crippen molar-refractivity contribution in [2.75, 3.05) is 5.75 Å². The molecule has 5 rings (SSSR count). The summed E-state index contributed by atoms with van der Waals surface area (Å²) in [7, 11) is 0. The molecule has 0 unspecified atom stereocenters. The molecule has 1 N–H and O–H groups in total. The highest BCUT2D eigenvalue weighted by atomic mass is 32.2. The van der Waals surface area contributed by atoms with Crippen LogP contribution in [-0.4, -0.2) is 50.6 Å². The molecule has 210 valence electrons. The second-order valence-corrected chi connectivity index (χ2v) is 11.7. The van der Waals surface area contributed by atoms with Gasteiger partial charge in [0.25, 0.3) is 5.91 Å². The molecule has 2 atom stereocenters. The minimum Gasteiger partial charge on any atom is -0.448 e. The van der Waals surface area contributed by atoms with Gasteiger partial charge >= 0.3 is 12.1 Å². The van der Waals surface area contributed by atoms with Crippen LogP contribution in [0.1, 0.15) is 43.6 Å². The Bertz CT molecular complexity index is 1430. The zero-order valence-electron chi connectivity index (χ0n) is 23.0. The molecule has 2 aliphatic rings. The van der Waals surface area contributed by atoms with E-state index in [2.05, 4.69) is 10.3 Å². The zero-order valence-corrected chi connectivity index (χ0v) is 23.8. The molecule has 1 aromatic heterocycles. The van der Waals surface area contributed by atoms with Gasteiger partial charge in [0.2, 0.25) is 0 Å². The van der Waals surface area contributed by atoms with Gasteiger partial charge in [0.15, 0.2) is 6.10 Å². The van der Waals surface area contributed by atoms with Gasteiger partial charge in [-0.25, -0.2) is 9.59 Å². The number of allylic oxidation sites excluding steroid dienone is 1. The van der Waals surface area contributed by atoms with Crippen LogP contribution >= 0.6 is 11.8 Å². The molecule has 0 spiro atoms. The van der Waals surface area contributed by atoms with E-state index >= 15 is 0 Å². The predicted octanol–water partition coefficient (Wildman–Crippen LogP) is 5.49. The number of nitrogens with one attached hydrogen (secondary N) is 1. The van der Waals surface area contributed by atoms with Gasteiger partial charge in [-0.05, 0) is 55.2 Å². The van der Waals surface area contributed by atoms with Gasteiger partial charge in [-0.15, -0.1) is 11.8 Å². The van der Waals surface area contributed by atoms with Crippen LogP contribution in [0.25, 0.3) is 6.08 Å². The molecule has 3 aromatic rings. The second kappa shape index (κ2) is 12.0. The van der Waals surface area contributed by atoms with Crippen LogP contribution in [0.2, 0.25) is 0 Å². The first-order valence-electron chi connectivity index (χ1n) is 13.3. The van der Waals surface area contributed by atoms with Crippen LogP contribution in [0.15, 0.2) is 103 Å². The summed E-state index contributed by atoms with van der Waals surface area (Å²) in [6, 6.07) is 21.8. The fraction of sp³-hybridized carbons (Fsp3) is 0.250. The van der Waals surface area contributed by atoms with Gasteiger partial charge < -0.3 is 14.8 Å². The number of fused-ring (bicyclic) bond motifs is 1. The molecule has 0 bridgehead atoms. The first-order valence-corrected chi connectivity index (χ1v) is 14.3. The van der Waals surface area contributed by atoms with Gasteiger partial charge in [-0.1, -0.05) is 72.8 Å². The molecule has 2 aromatic carbocycles. The number of benzene rings is 2. The topological polar surface area (TPSA) is 97.8 Å². The molecule has 1 fully saturated rings. The lowest BCUT2D eigenvalue weighted by Crippen LogP contribution is -2.70. The maximum Gasteiger partial charge on any atom is 0.408 e. The maximum atomic E-state index is 14.0. The van der Waals surface area contributed by atoms with Crippen molar-refractivity contribution in [3.05, 3.63) is 119 Å². The van der Waals surface area contributed by atoms with Crippen LogP contribution in [0, 0.1) is 0 Å². The summed E-state index contributed by atoms with van der Waals surface area (Å²) < 4.78 is 11.5. The average Bonchev–Trinajstić information content (AvgIpc) is 2.97. The lowest BCUT2D eigenvalue weighted by molar-refractivity contribution is -0.153. The summed E-state index contributed by atoms with van der Waals surface area (Å²) in [6.45, 7) is 5.26. The fourth-order valence-corrected chi connectivity index (χ4v) is 5.93. The Morgan fingerprint density at radius 3 is 2.17 bits per heavy atom. The molecule has 41 heavy (non-hydrogen) atoms. The summed E-state index contributed by atoms with van der Waals surface area (Å²) in [6.07, 6.45) is 5.72. The molecular weight excluding hydrogens is 538 g/mol. The van der Waals surface area contributed by atoms with Crippen molar-refractivity contribution in [3.8, 4) is 0 Å². The van der Waals surface area contributed by atoms with E-state index < -0.39 is 41.1 Å². The number of rotatable bonds is 7. The highest BCUT2D eigenvalue weighted by Crippen LogP contribution is 2.42. The Morgan fingerprint density at radius 1 is 0.976 bits per heavy atom. The minimum absolute atomic E-state index is 0.170. The lowest BCUT2D eigenvalue weighted by atomic mass is 10.0. The van der Waals surface area contributed by atoms with Crippen LogP contribution in [0.5, 0.6) is 0 Å². The van der Waals surface area contributed by atoms with Crippen LogP contribution < -0.4 is 5.32 Å². The van der Waals surface area contributed by atoms with E-state index in [1.165, 1.54) is 16.7 Å². The van der Waals surface area contributed by atoms with Gasteiger partial charge in [0, 0.05) is 18.1 Å². The monoisotopic (exact) mass is 569 g/mol. The Kier molecular flexibility index (Phi) is 8.26.